The first kappa shape index (κ1) is 35.9. The summed E-state index contributed by atoms with van der Waals surface area (Å²) in [6.45, 7) is 3.11. The van der Waals surface area contributed by atoms with E-state index in [-0.39, 0.29) is 41.7 Å². The molecule has 0 unspecified atom stereocenters. The van der Waals surface area contributed by atoms with Crippen LogP contribution in [0.2, 0.25) is 0 Å². The minimum Gasteiger partial charge on any atom is -0.497 e. The lowest BCUT2D eigenvalue weighted by atomic mass is 9.86. The molecule has 9 nitrogen and oxygen atoms in total. The van der Waals surface area contributed by atoms with E-state index in [0.29, 0.717) is 34.1 Å². The number of hydrogen-bond acceptors (Lipinski definition) is 7. The monoisotopic (exact) mass is 665 g/mol. The lowest BCUT2D eigenvalue weighted by Crippen LogP contribution is -2.50. The van der Waals surface area contributed by atoms with Crippen molar-refractivity contribution in [1.29, 1.82) is 0 Å². The molecule has 0 aliphatic carbocycles. The van der Waals surface area contributed by atoms with E-state index in [9.17, 15) is 22.8 Å². The molecule has 248 valence electrons. The van der Waals surface area contributed by atoms with Crippen LogP contribution in [0.5, 0.6) is 23.0 Å². The Bertz CT molecular complexity index is 1530. The number of methoxy groups -OCH3 is 4. The van der Waals surface area contributed by atoms with Crippen LogP contribution in [0.4, 0.5) is 23.2 Å². The topological polar surface area (TPSA) is 98.4 Å². The van der Waals surface area contributed by atoms with Gasteiger partial charge < -0.3 is 34.5 Å². The van der Waals surface area contributed by atoms with Crippen LogP contribution in [0.3, 0.4) is 0 Å². The van der Waals surface area contributed by atoms with Crippen LogP contribution in [0.25, 0.3) is 0 Å². The van der Waals surface area contributed by atoms with E-state index >= 15 is 4.39 Å². The molecule has 46 heavy (non-hydrogen) atoms. The smallest absolute Gasteiger partial charge is 0.471 e. The lowest BCUT2D eigenvalue weighted by molar-refractivity contribution is -0.167. The van der Waals surface area contributed by atoms with Crippen LogP contribution in [0, 0.1) is 5.82 Å². The Labute approximate surface area is 269 Å². The Balaban J connectivity index is 2.08. The maximum Gasteiger partial charge on any atom is 0.471 e. The number of nitrogens with zero attached hydrogens (tertiary/aromatic N) is 1. The predicted molar refractivity (Wildman–Crippen MR) is 168 cm³/mol. The zero-order valence-corrected chi connectivity index (χ0v) is 27.0. The number of amides is 1. The standard InChI is InChI=1S/C32H35F4N3O6S/c1-19(40)16-31(2,25-13-22(9-12-26(25)33)37-29(41)32(34,35)36)38-30(46)39(17-20-7-10-23(42-3)14-27(20)44-5)18-21-8-11-24(43-4)15-28(21)45-6/h7-15H,16-18H2,1-6H3,(H,37,41)(H,38,46)/t31-/m0/s1. The average molecular weight is 666 g/mol. The van der Waals surface area contributed by atoms with Gasteiger partial charge in [0.2, 0.25) is 0 Å². The molecule has 0 saturated heterocycles. The van der Waals surface area contributed by atoms with E-state index in [4.69, 9.17) is 31.2 Å². The van der Waals surface area contributed by atoms with Gasteiger partial charge in [-0.3, -0.25) is 9.59 Å². The Hall–Kier alpha value is -4.59. The summed E-state index contributed by atoms with van der Waals surface area (Å²) in [6.07, 6.45) is -5.46. The second-order valence-corrected chi connectivity index (χ2v) is 10.9. The Morgan fingerprint density at radius 3 is 1.78 bits per heavy atom. The van der Waals surface area contributed by atoms with Gasteiger partial charge >= 0.3 is 12.1 Å². The highest BCUT2D eigenvalue weighted by Crippen LogP contribution is 2.33. The SMILES string of the molecule is COc1ccc(CN(Cc2ccc(OC)cc2OC)C(=S)N[C@@](C)(CC(C)=O)c2cc(NC(=O)C(F)(F)F)ccc2F)c(OC)c1. The number of hydrogen-bond donors (Lipinski definition) is 2. The van der Waals surface area contributed by atoms with Gasteiger partial charge in [0.15, 0.2) is 5.11 Å². The van der Waals surface area contributed by atoms with Gasteiger partial charge in [-0.1, -0.05) is 0 Å². The van der Waals surface area contributed by atoms with E-state index in [0.717, 1.165) is 18.2 Å². The Morgan fingerprint density at radius 1 is 0.826 bits per heavy atom. The number of halogens is 4. The number of ketones is 1. The number of alkyl halides is 3. The van der Waals surface area contributed by atoms with Crippen molar-refractivity contribution in [3.63, 3.8) is 0 Å². The van der Waals surface area contributed by atoms with Crippen molar-refractivity contribution >= 4 is 34.7 Å². The highest BCUT2D eigenvalue weighted by molar-refractivity contribution is 7.80. The Kier molecular flexibility index (Phi) is 11.8. The predicted octanol–water partition coefficient (Wildman–Crippen LogP) is 6.13. The first-order valence-electron chi connectivity index (χ1n) is 13.8. The van der Waals surface area contributed by atoms with Crippen molar-refractivity contribution in [2.75, 3.05) is 33.8 Å². The van der Waals surface area contributed by atoms with Gasteiger partial charge in [0.25, 0.3) is 0 Å². The minimum absolute atomic E-state index is 0.0728. The van der Waals surface area contributed by atoms with Gasteiger partial charge in [-0.25, -0.2) is 4.39 Å². The summed E-state index contributed by atoms with van der Waals surface area (Å²) < 4.78 is 76.0. The molecule has 1 amide bonds. The summed E-state index contributed by atoms with van der Waals surface area (Å²) in [4.78, 5) is 25.8. The molecule has 0 bridgehead atoms. The molecule has 0 aliphatic rings. The van der Waals surface area contributed by atoms with E-state index in [1.54, 1.807) is 46.6 Å². The molecule has 0 aliphatic heterocycles. The van der Waals surface area contributed by atoms with Gasteiger partial charge in [-0.15, -0.1) is 0 Å². The Morgan fingerprint density at radius 2 is 1.35 bits per heavy atom. The number of nitrogens with one attached hydrogen (secondary N) is 2. The number of ether oxygens (including phenoxy) is 4. The molecule has 2 N–H and O–H groups in total. The normalized spacial score (nSPS) is 12.4. The van der Waals surface area contributed by atoms with Gasteiger partial charge in [-0.2, -0.15) is 13.2 Å². The molecule has 3 aromatic carbocycles. The number of rotatable bonds is 13. The molecule has 0 spiro atoms. The molecule has 3 rings (SSSR count). The summed E-state index contributed by atoms with van der Waals surface area (Å²) in [5.74, 6) is -1.29. The summed E-state index contributed by atoms with van der Waals surface area (Å²) in [5.41, 5.74) is -0.649. The van der Waals surface area contributed by atoms with Crippen LogP contribution in [0.15, 0.2) is 54.6 Å². The summed E-state index contributed by atoms with van der Waals surface area (Å²) >= 11 is 5.86. The number of Topliss-reactive ketones (excluding diaryl/α,β-unsaturated/α-hetero) is 1. The van der Waals surface area contributed by atoms with Gasteiger partial charge in [0.1, 0.15) is 34.6 Å². The largest absolute Gasteiger partial charge is 0.497 e. The van der Waals surface area contributed by atoms with E-state index in [1.807, 2.05) is 0 Å². The molecule has 0 aromatic heterocycles. The molecule has 0 saturated carbocycles. The van der Waals surface area contributed by atoms with E-state index in [2.05, 4.69) is 5.32 Å². The van der Waals surface area contributed by atoms with Crippen molar-refractivity contribution in [3.05, 3.63) is 77.1 Å². The second kappa shape index (κ2) is 15.1. The van der Waals surface area contributed by atoms with Crippen molar-refractivity contribution in [2.45, 2.75) is 45.1 Å². The van der Waals surface area contributed by atoms with Crippen LogP contribution in [0.1, 0.15) is 37.0 Å². The maximum atomic E-state index is 15.4. The molecule has 3 aromatic rings. The third kappa shape index (κ3) is 8.99. The average Bonchev–Trinajstić information content (AvgIpc) is 3.00. The quantitative estimate of drug-likeness (QED) is 0.165. The number of thiocarbonyl (C=S) groups is 1. The zero-order chi connectivity index (χ0) is 34.2. The van der Waals surface area contributed by atoms with Crippen molar-refractivity contribution in [3.8, 4) is 23.0 Å². The summed E-state index contributed by atoms with van der Waals surface area (Å²) in [7, 11) is 6.05. The number of carbonyl (C=O) groups is 2. The lowest BCUT2D eigenvalue weighted by Gasteiger charge is -2.36. The third-order valence-electron chi connectivity index (χ3n) is 7.06. The van der Waals surface area contributed by atoms with Gasteiger partial charge in [0.05, 0.1) is 34.0 Å². The van der Waals surface area contributed by atoms with E-state index < -0.39 is 23.4 Å². The highest BCUT2D eigenvalue weighted by atomic mass is 32.1. The fraction of sp³-hybridized carbons (Fsp3) is 0.344. The number of carbonyl (C=O) groups excluding carboxylic acids is 2. The molecular weight excluding hydrogens is 630 g/mol. The molecule has 1 atom stereocenters. The fourth-order valence-corrected chi connectivity index (χ4v) is 5.18. The van der Waals surface area contributed by atoms with Crippen LogP contribution < -0.4 is 29.6 Å². The number of benzene rings is 3. The van der Waals surface area contributed by atoms with Crippen molar-refractivity contribution in [2.24, 2.45) is 0 Å². The zero-order valence-electron chi connectivity index (χ0n) is 26.1. The molecular formula is C32H35F4N3O6S. The molecule has 0 heterocycles. The second-order valence-electron chi connectivity index (χ2n) is 10.5. The first-order valence-corrected chi connectivity index (χ1v) is 14.2. The molecule has 14 heteroatoms. The van der Waals surface area contributed by atoms with Crippen LogP contribution >= 0.6 is 12.2 Å². The fourth-order valence-electron chi connectivity index (χ4n) is 4.82. The van der Waals surface area contributed by atoms with Crippen molar-refractivity contribution < 1.29 is 46.1 Å². The molecule has 0 radical (unpaired) electrons. The minimum atomic E-state index is -5.16. The van der Waals surface area contributed by atoms with Gasteiger partial charge in [0, 0.05) is 54.0 Å². The highest BCUT2D eigenvalue weighted by Gasteiger charge is 2.39. The summed E-state index contributed by atoms with van der Waals surface area (Å²) in [5, 5.41) is 4.88. The number of anilines is 1. The molecule has 0 fully saturated rings. The van der Waals surface area contributed by atoms with E-state index in [1.165, 1.54) is 42.3 Å². The van der Waals surface area contributed by atoms with Crippen LogP contribution in [-0.4, -0.2) is 56.3 Å². The maximum absolute atomic E-state index is 15.4. The van der Waals surface area contributed by atoms with Crippen molar-refractivity contribution in [1.82, 2.24) is 10.2 Å². The van der Waals surface area contributed by atoms with Crippen LogP contribution in [-0.2, 0) is 28.2 Å². The first-order chi connectivity index (χ1) is 21.6. The van der Waals surface area contributed by atoms with Gasteiger partial charge in [-0.05, 0) is 68.5 Å². The summed E-state index contributed by atoms with van der Waals surface area (Å²) in [6, 6.07) is 13.4. The third-order valence-corrected chi connectivity index (χ3v) is 7.42.